The molecule has 2 aliphatic rings. The van der Waals surface area contributed by atoms with Crippen molar-refractivity contribution in [1.82, 2.24) is 5.32 Å². The highest BCUT2D eigenvalue weighted by molar-refractivity contribution is 6.00. The first-order chi connectivity index (χ1) is 11.8. The number of anilines is 1. The fourth-order valence-electron chi connectivity index (χ4n) is 3.93. The molecular weight excluding hydrogens is 294 g/mol. The fraction of sp³-hybridized carbons (Fsp3) is 0.381. The van der Waals surface area contributed by atoms with Crippen molar-refractivity contribution in [2.45, 2.75) is 51.1 Å². The Balaban J connectivity index is 1.64. The molecule has 1 aliphatic heterocycles. The molecule has 2 N–H and O–H groups in total. The van der Waals surface area contributed by atoms with E-state index in [9.17, 15) is 0 Å². The summed E-state index contributed by atoms with van der Waals surface area (Å²) in [5.41, 5.74) is 4.86. The molecule has 0 amide bonds. The number of nitrogens with zero attached hydrogens (tertiary/aromatic N) is 1. The van der Waals surface area contributed by atoms with Crippen molar-refractivity contribution in [1.29, 1.82) is 0 Å². The number of aryl methyl sites for hydroxylation is 1. The smallest absolute Gasteiger partial charge is 0.128 e. The van der Waals surface area contributed by atoms with E-state index >= 15 is 0 Å². The summed E-state index contributed by atoms with van der Waals surface area (Å²) in [6.07, 6.45) is 6.17. The van der Waals surface area contributed by atoms with E-state index in [1.807, 2.05) is 0 Å². The summed E-state index contributed by atoms with van der Waals surface area (Å²) in [7, 11) is 0. The normalized spacial score (nSPS) is 18.5. The maximum absolute atomic E-state index is 5.01. The van der Waals surface area contributed by atoms with E-state index in [4.69, 9.17) is 4.99 Å². The van der Waals surface area contributed by atoms with Crippen LogP contribution in [0.4, 0.5) is 11.4 Å². The maximum atomic E-state index is 5.01. The van der Waals surface area contributed by atoms with Gasteiger partial charge in [-0.15, -0.1) is 0 Å². The van der Waals surface area contributed by atoms with Gasteiger partial charge in [-0.25, -0.2) is 4.99 Å². The first-order valence-electron chi connectivity index (χ1n) is 9.02. The Morgan fingerprint density at radius 2 is 1.75 bits per heavy atom. The van der Waals surface area contributed by atoms with Crippen molar-refractivity contribution in [3.8, 4) is 0 Å². The van der Waals surface area contributed by atoms with Crippen LogP contribution in [0.5, 0.6) is 0 Å². The molecule has 3 nitrogen and oxygen atoms in total. The first kappa shape index (κ1) is 15.3. The van der Waals surface area contributed by atoms with Crippen LogP contribution < -0.4 is 10.6 Å². The van der Waals surface area contributed by atoms with Crippen molar-refractivity contribution in [2.75, 3.05) is 5.32 Å². The molecule has 3 heteroatoms. The third-order valence-electron chi connectivity index (χ3n) is 5.38. The minimum Gasteiger partial charge on any atom is -0.371 e. The highest BCUT2D eigenvalue weighted by Gasteiger charge is 2.40. The summed E-state index contributed by atoms with van der Waals surface area (Å²) < 4.78 is 0. The molecule has 0 atom stereocenters. The lowest BCUT2D eigenvalue weighted by Crippen LogP contribution is -2.54. The summed E-state index contributed by atoms with van der Waals surface area (Å²) in [4.78, 5) is 5.01. The number of para-hydroxylation sites is 2. The van der Waals surface area contributed by atoms with Crippen LogP contribution in [0.1, 0.15) is 43.2 Å². The van der Waals surface area contributed by atoms with Crippen LogP contribution in [-0.4, -0.2) is 11.4 Å². The van der Waals surface area contributed by atoms with Gasteiger partial charge in [0.2, 0.25) is 0 Å². The van der Waals surface area contributed by atoms with E-state index < -0.39 is 0 Å². The minimum atomic E-state index is -0.0186. The Bertz CT molecular complexity index is 757. The molecule has 24 heavy (non-hydrogen) atoms. The molecule has 0 unspecified atom stereocenters. The second-order valence-electron chi connectivity index (χ2n) is 7.03. The van der Waals surface area contributed by atoms with Gasteiger partial charge in [0.25, 0.3) is 0 Å². The Morgan fingerprint density at radius 3 is 2.58 bits per heavy atom. The van der Waals surface area contributed by atoms with E-state index in [0.29, 0.717) is 0 Å². The first-order valence-corrected chi connectivity index (χ1v) is 9.02. The average Bonchev–Trinajstić information content (AvgIpc) is 2.62. The molecule has 2 aromatic rings. The average molecular weight is 319 g/mol. The Kier molecular flexibility index (Phi) is 4.01. The van der Waals surface area contributed by atoms with Gasteiger partial charge in [0.05, 0.1) is 16.9 Å². The molecular formula is C21H25N3. The maximum Gasteiger partial charge on any atom is 0.128 e. The lowest BCUT2D eigenvalue weighted by atomic mass is 9.79. The van der Waals surface area contributed by atoms with Crippen LogP contribution in [0.15, 0.2) is 53.5 Å². The van der Waals surface area contributed by atoms with Crippen LogP contribution >= 0.6 is 0 Å². The van der Waals surface area contributed by atoms with Crippen molar-refractivity contribution < 1.29 is 0 Å². The van der Waals surface area contributed by atoms with E-state index in [1.165, 1.54) is 36.1 Å². The number of hydrogen-bond acceptors (Lipinski definition) is 3. The van der Waals surface area contributed by atoms with Crippen LogP contribution in [0.25, 0.3) is 0 Å². The molecule has 1 spiro atoms. The summed E-state index contributed by atoms with van der Waals surface area (Å²) in [5.74, 6) is 1.11. The lowest BCUT2D eigenvalue weighted by molar-refractivity contribution is 0.396. The number of hydrogen-bond donors (Lipinski definition) is 2. The van der Waals surface area contributed by atoms with Gasteiger partial charge < -0.3 is 10.6 Å². The summed E-state index contributed by atoms with van der Waals surface area (Å²) in [6, 6.07) is 16.9. The molecule has 1 fully saturated rings. The van der Waals surface area contributed by atoms with Gasteiger partial charge >= 0.3 is 0 Å². The molecule has 1 aliphatic carbocycles. The summed E-state index contributed by atoms with van der Waals surface area (Å²) >= 11 is 0. The molecule has 0 bridgehead atoms. The van der Waals surface area contributed by atoms with Crippen LogP contribution in [0.2, 0.25) is 0 Å². The predicted octanol–water partition coefficient (Wildman–Crippen LogP) is 4.94. The third kappa shape index (κ3) is 2.79. The zero-order valence-corrected chi connectivity index (χ0v) is 14.3. The third-order valence-corrected chi connectivity index (χ3v) is 5.38. The van der Waals surface area contributed by atoms with E-state index in [0.717, 1.165) is 30.9 Å². The Morgan fingerprint density at radius 1 is 1.00 bits per heavy atom. The van der Waals surface area contributed by atoms with Gasteiger partial charge in [-0.2, -0.15) is 0 Å². The van der Waals surface area contributed by atoms with Gasteiger partial charge in [-0.3, -0.25) is 0 Å². The van der Waals surface area contributed by atoms with E-state index in [1.54, 1.807) is 0 Å². The molecule has 124 valence electrons. The molecule has 0 saturated heterocycles. The van der Waals surface area contributed by atoms with E-state index in [2.05, 4.69) is 66.1 Å². The van der Waals surface area contributed by atoms with Gasteiger partial charge in [-0.1, -0.05) is 55.7 Å². The Hall–Kier alpha value is -2.29. The second kappa shape index (κ2) is 6.31. The van der Waals surface area contributed by atoms with Crippen molar-refractivity contribution in [3.63, 3.8) is 0 Å². The van der Waals surface area contributed by atoms with Gasteiger partial charge in [-0.05, 0) is 43.0 Å². The standard InChI is InChI=1S/C21H25N3/c1-16-9-3-4-10-17(16)15-22-20-21(13-7-2-8-14-21)24-19-12-6-5-11-18(19)23-20/h3-6,9-12,24H,2,7-8,13-15H2,1H3,(H,22,23). The second-order valence-corrected chi connectivity index (χ2v) is 7.03. The van der Waals surface area contributed by atoms with Crippen molar-refractivity contribution in [3.05, 3.63) is 59.7 Å². The molecule has 0 radical (unpaired) electrons. The lowest BCUT2D eigenvalue weighted by Gasteiger charge is -2.42. The van der Waals surface area contributed by atoms with Crippen LogP contribution in [0.3, 0.4) is 0 Å². The van der Waals surface area contributed by atoms with Crippen LogP contribution in [-0.2, 0) is 6.54 Å². The number of benzene rings is 2. The number of nitrogens with one attached hydrogen (secondary N) is 2. The van der Waals surface area contributed by atoms with E-state index in [-0.39, 0.29) is 5.54 Å². The van der Waals surface area contributed by atoms with Gasteiger partial charge in [0.1, 0.15) is 5.84 Å². The van der Waals surface area contributed by atoms with Gasteiger partial charge in [0.15, 0.2) is 0 Å². The quantitative estimate of drug-likeness (QED) is 0.822. The highest BCUT2D eigenvalue weighted by atomic mass is 15.2. The number of fused-ring (bicyclic) bond motifs is 1. The summed E-state index contributed by atoms with van der Waals surface area (Å²) in [6.45, 7) is 3.00. The molecule has 4 rings (SSSR count). The predicted molar refractivity (Wildman–Crippen MR) is 101 cm³/mol. The minimum absolute atomic E-state index is 0.0186. The fourth-order valence-corrected chi connectivity index (χ4v) is 3.93. The highest BCUT2D eigenvalue weighted by Crippen LogP contribution is 2.40. The Labute approximate surface area is 144 Å². The largest absolute Gasteiger partial charge is 0.371 e. The molecule has 1 heterocycles. The molecule has 0 aromatic heterocycles. The number of amidine groups is 1. The monoisotopic (exact) mass is 319 g/mol. The zero-order valence-electron chi connectivity index (χ0n) is 14.3. The SMILES string of the molecule is Cc1ccccc1CNC1=Nc2ccccc2NC12CCCCC2. The zero-order chi connectivity index (χ0) is 16.4. The van der Waals surface area contributed by atoms with Gasteiger partial charge in [0, 0.05) is 6.54 Å². The van der Waals surface area contributed by atoms with Crippen molar-refractivity contribution in [2.24, 2.45) is 4.99 Å². The molecule has 2 aromatic carbocycles. The van der Waals surface area contributed by atoms with Crippen molar-refractivity contribution >= 4 is 17.2 Å². The molecule has 1 saturated carbocycles. The number of aliphatic imine (C=N–C) groups is 1. The van der Waals surface area contributed by atoms with Crippen LogP contribution in [0, 0.1) is 6.92 Å². The topological polar surface area (TPSA) is 36.4 Å². The summed E-state index contributed by atoms with van der Waals surface area (Å²) in [5, 5.41) is 7.49. The number of rotatable bonds is 2.